The van der Waals surface area contributed by atoms with Crippen LogP contribution in [0.15, 0.2) is 66.9 Å². The Balaban J connectivity index is 1.91. The molecule has 3 amide bonds. The van der Waals surface area contributed by atoms with E-state index in [2.05, 4.69) is 10.3 Å². The van der Waals surface area contributed by atoms with E-state index < -0.39 is 18.0 Å². The highest BCUT2D eigenvalue weighted by Crippen LogP contribution is 2.24. The van der Waals surface area contributed by atoms with Crippen LogP contribution in [-0.4, -0.2) is 22.0 Å². The van der Waals surface area contributed by atoms with Crippen LogP contribution in [0.2, 0.25) is 10.0 Å². The van der Waals surface area contributed by atoms with E-state index in [-0.39, 0.29) is 17.3 Å². The first kappa shape index (κ1) is 22.7. The number of hydrogen-bond acceptors (Lipinski definition) is 4. The monoisotopic (exact) mass is 457 g/mol. The third-order valence-electron chi connectivity index (χ3n) is 4.58. The molecule has 0 bridgehead atoms. The summed E-state index contributed by atoms with van der Waals surface area (Å²) in [7, 11) is 0. The molecule has 3 aromatic rings. The lowest BCUT2D eigenvalue weighted by atomic mass is 9.98. The van der Waals surface area contributed by atoms with Crippen LogP contribution >= 0.6 is 23.2 Å². The van der Waals surface area contributed by atoms with Gasteiger partial charge in [-0.1, -0.05) is 49.2 Å². The zero-order valence-electron chi connectivity index (χ0n) is 16.9. The van der Waals surface area contributed by atoms with Crippen molar-refractivity contribution in [1.82, 2.24) is 4.98 Å². The van der Waals surface area contributed by atoms with Gasteiger partial charge in [-0.3, -0.25) is 10.1 Å². The minimum atomic E-state index is -0.687. The third-order valence-corrected chi connectivity index (χ3v) is 5.06. The lowest BCUT2D eigenvalue weighted by molar-refractivity contribution is 0.0995. The van der Waals surface area contributed by atoms with Gasteiger partial charge in [-0.2, -0.15) is 0 Å². The van der Waals surface area contributed by atoms with Crippen molar-refractivity contribution in [3.63, 3.8) is 0 Å². The number of aliphatic hydroxyl groups is 1. The Morgan fingerprint density at radius 2 is 1.55 bits per heavy atom. The first-order valence-electron chi connectivity index (χ1n) is 9.57. The van der Waals surface area contributed by atoms with Gasteiger partial charge in [0.1, 0.15) is 5.82 Å². The zero-order valence-corrected chi connectivity index (χ0v) is 18.4. The molecule has 31 heavy (non-hydrogen) atoms. The Bertz CT molecular complexity index is 1050. The Morgan fingerprint density at radius 1 is 0.935 bits per heavy atom. The summed E-state index contributed by atoms with van der Waals surface area (Å²) < 4.78 is 0. The van der Waals surface area contributed by atoms with Crippen LogP contribution in [0.1, 0.15) is 35.9 Å². The molecule has 2 N–H and O–H groups in total. The number of nitrogens with one attached hydrogen (secondary N) is 1. The van der Waals surface area contributed by atoms with Crippen LogP contribution in [0.25, 0.3) is 0 Å². The summed E-state index contributed by atoms with van der Waals surface area (Å²) in [6.45, 7) is 3.81. The fraction of sp³-hybridized carbons (Fsp3) is 0.174. The first-order chi connectivity index (χ1) is 14.8. The normalized spacial score (nSPS) is 11.8. The van der Waals surface area contributed by atoms with E-state index in [1.165, 1.54) is 12.3 Å². The highest BCUT2D eigenvalue weighted by atomic mass is 35.5. The summed E-state index contributed by atoms with van der Waals surface area (Å²) in [5, 5.41) is 13.7. The van der Waals surface area contributed by atoms with E-state index >= 15 is 0 Å². The van der Waals surface area contributed by atoms with E-state index in [9.17, 15) is 14.7 Å². The molecule has 1 atom stereocenters. The van der Waals surface area contributed by atoms with Gasteiger partial charge in [0, 0.05) is 16.8 Å². The number of carbonyl (C=O) groups is 2. The zero-order chi connectivity index (χ0) is 22.5. The molecule has 1 unspecified atom stereocenters. The van der Waals surface area contributed by atoms with Gasteiger partial charge in [0.25, 0.3) is 5.91 Å². The van der Waals surface area contributed by atoms with Crippen molar-refractivity contribution in [2.24, 2.45) is 5.92 Å². The van der Waals surface area contributed by atoms with Gasteiger partial charge in [0.05, 0.1) is 16.8 Å². The SMILES string of the molecule is CC(C)C(O)c1ccc(C(=O)N(C(=O)Nc2ccc(Cl)cn2)c2ccc(Cl)cc2)cc1. The van der Waals surface area contributed by atoms with E-state index in [0.29, 0.717) is 21.3 Å². The Hall–Kier alpha value is -2.93. The maximum Gasteiger partial charge on any atom is 0.334 e. The largest absolute Gasteiger partial charge is 0.388 e. The number of halogens is 2. The molecule has 1 aromatic heterocycles. The number of carbonyl (C=O) groups excluding carboxylic acids is 2. The molecule has 0 aliphatic carbocycles. The molecular weight excluding hydrogens is 437 g/mol. The third kappa shape index (κ3) is 5.61. The molecule has 0 aliphatic rings. The number of hydrogen-bond donors (Lipinski definition) is 2. The van der Waals surface area contributed by atoms with Crippen molar-refractivity contribution in [3.05, 3.63) is 88.0 Å². The van der Waals surface area contributed by atoms with Gasteiger partial charge in [0.15, 0.2) is 0 Å². The number of rotatable bonds is 5. The van der Waals surface area contributed by atoms with Gasteiger partial charge >= 0.3 is 6.03 Å². The van der Waals surface area contributed by atoms with Crippen LogP contribution in [0, 0.1) is 5.92 Å². The second-order valence-corrected chi connectivity index (χ2v) is 8.09. The van der Waals surface area contributed by atoms with Crippen molar-refractivity contribution >= 4 is 46.6 Å². The molecule has 160 valence electrons. The first-order valence-corrected chi connectivity index (χ1v) is 10.3. The molecule has 0 fully saturated rings. The lowest BCUT2D eigenvalue weighted by Crippen LogP contribution is -2.40. The second-order valence-electron chi connectivity index (χ2n) is 7.22. The number of anilines is 2. The maximum atomic E-state index is 13.3. The Kier molecular flexibility index (Phi) is 7.28. The number of amides is 3. The minimum Gasteiger partial charge on any atom is -0.388 e. The molecule has 0 saturated carbocycles. The van der Waals surface area contributed by atoms with Crippen molar-refractivity contribution in [2.75, 3.05) is 10.2 Å². The van der Waals surface area contributed by atoms with E-state index in [4.69, 9.17) is 23.2 Å². The van der Waals surface area contributed by atoms with Crippen LogP contribution < -0.4 is 10.2 Å². The topological polar surface area (TPSA) is 82.5 Å². The fourth-order valence-electron chi connectivity index (χ4n) is 2.87. The average molecular weight is 458 g/mol. The van der Waals surface area contributed by atoms with Crippen molar-refractivity contribution in [2.45, 2.75) is 20.0 Å². The summed E-state index contributed by atoms with van der Waals surface area (Å²) in [5.41, 5.74) is 1.32. The van der Waals surface area contributed by atoms with E-state index in [0.717, 1.165) is 4.90 Å². The van der Waals surface area contributed by atoms with Crippen molar-refractivity contribution in [1.29, 1.82) is 0 Å². The summed E-state index contributed by atoms with van der Waals surface area (Å²) in [5.74, 6) is -0.263. The molecule has 6 nitrogen and oxygen atoms in total. The summed E-state index contributed by atoms with van der Waals surface area (Å²) >= 11 is 11.8. The summed E-state index contributed by atoms with van der Waals surface area (Å²) in [4.78, 5) is 31.3. The standard InChI is InChI=1S/C23H21Cl2N3O3/c1-14(2)21(29)15-3-5-16(6-4-15)22(30)28(19-10-7-17(24)8-11-19)23(31)27-20-12-9-18(25)13-26-20/h3-14,21,29H,1-2H3,(H,26,27,31). The fourth-order valence-corrected chi connectivity index (χ4v) is 3.11. The predicted molar refractivity (Wildman–Crippen MR) is 123 cm³/mol. The molecule has 0 saturated heterocycles. The van der Waals surface area contributed by atoms with Crippen molar-refractivity contribution in [3.8, 4) is 0 Å². The molecule has 0 aliphatic heterocycles. The maximum absolute atomic E-state index is 13.3. The second kappa shape index (κ2) is 9.92. The van der Waals surface area contributed by atoms with Gasteiger partial charge in [-0.25, -0.2) is 14.7 Å². The predicted octanol–water partition coefficient (Wildman–Crippen LogP) is 5.96. The highest BCUT2D eigenvalue weighted by molar-refractivity contribution is 6.31. The molecule has 3 rings (SSSR count). The lowest BCUT2D eigenvalue weighted by Gasteiger charge is -2.22. The number of aliphatic hydroxyl groups excluding tert-OH is 1. The molecular formula is C23H21Cl2N3O3. The van der Waals surface area contributed by atoms with E-state index in [1.807, 2.05) is 13.8 Å². The van der Waals surface area contributed by atoms with E-state index in [1.54, 1.807) is 54.6 Å². The van der Waals surface area contributed by atoms with Crippen molar-refractivity contribution < 1.29 is 14.7 Å². The minimum absolute atomic E-state index is 0.0322. The quantitative estimate of drug-likeness (QED) is 0.495. The molecule has 2 aromatic carbocycles. The molecule has 8 heteroatoms. The molecule has 0 radical (unpaired) electrons. The number of benzene rings is 2. The van der Waals surface area contributed by atoms with Gasteiger partial charge in [0.2, 0.25) is 0 Å². The van der Waals surface area contributed by atoms with Crippen LogP contribution in [0.3, 0.4) is 0 Å². The van der Waals surface area contributed by atoms with Crippen LogP contribution in [-0.2, 0) is 0 Å². The highest BCUT2D eigenvalue weighted by Gasteiger charge is 2.26. The Morgan fingerprint density at radius 3 is 2.10 bits per heavy atom. The molecule has 0 spiro atoms. The number of nitrogens with zero attached hydrogens (tertiary/aromatic N) is 2. The smallest absolute Gasteiger partial charge is 0.334 e. The number of imide groups is 1. The number of urea groups is 1. The number of aromatic nitrogens is 1. The van der Waals surface area contributed by atoms with Crippen LogP contribution in [0.4, 0.5) is 16.3 Å². The average Bonchev–Trinajstić information content (AvgIpc) is 2.76. The van der Waals surface area contributed by atoms with Gasteiger partial charge < -0.3 is 5.11 Å². The summed E-state index contributed by atoms with van der Waals surface area (Å²) in [6, 6.07) is 15.3. The number of pyridine rings is 1. The molecule has 1 heterocycles. The summed E-state index contributed by atoms with van der Waals surface area (Å²) in [6.07, 6.45) is 0.750. The Labute approximate surface area is 190 Å². The van der Waals surface area contributed by atoms with Gasteiger partial charge in [-0.05, 0) is 60.0 Å². The van der Waals surface area contributed by atoms with Gasteiger partial charge in [-0.15, -0.1) is 0 Å². The van der Waals surface area contributed by atoms with Crippen LogP contribution in [0.5, 0.6) is 0 Å².